The van der Waals surface area contributed by atoms with E-state index in [0.29, 0.717) is 17.1 Å². The molecule has 74 valence electrons. The van der Waals surface area contributed by atoms with Crippen molar-refractivity contribution in [2.24, 2.45) is 0 Å². The van der Waals surface area contributed by atoms with Crippen LogP contribution in [-0.4, -0.2) is 12.5 Å². The molecule has 0 aliphatic carbocycles. The van der Waals surface area contributed by atoms with E-state index in [4.69, 9.17) is 11.6 Å². The first-order valence-corrected chi connectivity index (χ1v) is 5.82. The van der Waals surface area contributed by atoms with Gasteiger partial charge in [-0.3, -0.25) is 4.79 Å². The molecule has 0 saturated heterocycles. The molecule has 0 radical (unpaired) electrons. The highest BCUT2D eigenvalue weighted by Crippen LogP contribution is 2.30. The number of halogens is 2. The van der Waals surface area contributed by atoms with Gasteiger partial charge in [0.2, 0.25) is 0 Å². The van der Waals surface area contributed by atoms with Crippen molar-refractivity contribution in [3.8, 4) is 0 Å². The lowest BCUT2D eigenvalue weighted by atomic mass is 9.96. The molecular weight excluding hydrogens is 312 g/mol. The molecule has 0 spiro atoms. The number of nitrogens with one attached hydrogen (secondary N) is 1. The van der Waals surface area contributed by atoms with Gasteiger partial charge in [-0.25, -0.2) is 0 Å². The SMILES string of the molecule is Cc1cc(I)c(Cl)c2c1CCNC2=O. The molecule has 4 heteroatoms. The topological polar surface area (TPSA) is 29.1 Å². The van der Waals surface area contributed by atoms with E-state index in [1.54, 1.807) is 0 Å². The Morgan fingerprint density at radius 1 is 1.57 bits per heavy atom. The summed E-state index contributed by atoms with van der Waals surface area (Å²) in [6.45, 7) is 2.74. The number of amides is 1. The van der Waals surface area contributed by atoms with Crippen molar-refractivity contribution in [3.05, 3.63) is 31.3 Å². The Morgan fingerprint density at radius 2 is 2.29 bits per heavy atom. The lowest BCUT2D eigenvalue weighted by Crippen LogP contribution is -2.32. The van der Waals surface area contributed by atoms with E-state index in [9.17, 15) is 4.79 Å². The molecule has 1 aromatic rings. The number of rotatable bonds is 0. The van der Waals surface area contributed by atoms with Crippen LogP contribution < -0.4 is 5.32 Å². The largest absolute Gasteiger partial charge is 0.352 e. The van der Waals surface area contributed by atoms with Gasteiger partial charge in [0.15, 0.2) is 0 Å². The number of aryl methyl sites for hydroxylation is 1. The zero-order chi connectivity index (χ0) is 10.3. The van der Waals surface area contributed by atoms with E-state index >= 15 is 0 Å². The summed E-state index contributed by atoms with van der Waals surface area (Å²) in [4.78, 5) is 11.6. The number of fused-ring (bicyclic) bond motifs is 1. The first-order chi connectivity index (χ1) is 6.61. The van der Waals surface area contributed by atoms with Crippen LogP contribution in [0.3, 0.4) is 0 Å². The lowest BCUT2D eigenvalue weighted by molar-refractivity contribution is 0.0946. The van der Waals surface area contributed by atoms with E-state index in [0.717, 1.165) is 21.1 Å². The maximum atomic E-state index is 11.6. The van der Waals surface area contributed by atoms with Crippen LogP contribution in [0.1, 0.15) is 21.5 Å². The zero-order valence-corrected chi connectivity index (χ0v) is 10.6. The van der Waals surface area contributed by atoms with Gasteiger partial charge in [-0.2, -0.15) is 0 Å². The van der Waals surface area contributed by atoms with Crippen molar-refractivity contribution in [1.29, 1.82) is 0 Å². The Bertz CT molecular complexity index is 417. The van der Waals surface area contributed by atoms with Crippen LogP contribution in [-0.2, 0) is 6.42 Å². The molecule has 0 saturated carbocycles. The Morgan fingerprint density at radius 3 is 3.00 bits per heavy atom. The summed E-state index contributed by atoms with van der Waals surface area (Å²) in [5.74, 6) is -0.0436. The lowest BCUT2D eigenvalue weighted by Gasteiger charge is -2.20. The van der Waals surface area contributed by atoms with Crippen molar-refractivity contribution in [2.75, 3.05) is 6.54 Å². The zero-order valence-electron chi connectivity index (χ0n) is 7.66. The second-order valence-corrected chi connectivity index (χ2v) is 4.89. The van der Waals surface area contributed by atoms with E-state index < -0.39 is 0 Å². The molecule has 2 nitrogen and oxygen atoms in total. The van der Waals surface area contributed by atoms with Crippen LogP contribution in [0.2, 0.25) is 5.02 Å². The maximum absolute atomic E-state index is 11.6. The van der Waals surface area contributed by atoms with Crippen molar-refractivity contribution >= 4 is 40.1 Å². The van der Waals surface area contributed by atoms with Crippen molar-refractivity contribution < 1.29 is 4.79 Å². The van der Waals surface area contributed by atoms with E-state index in [-0.39, 0.29) is 5.91 Å². The molecular formula is C10H9ClINO. The highest BCUT2D eigenvalue weighted by molar-refractivity contribution is 14.1. The minimum absolute atomic E-state index is 0.0436. The summed E-state index contributed by atoms with van der Waals surface area (Å²) < 4.78 is 0.942. The first-order valence-electron chi connectivity index (χ1n) is 4.37. The molecule has 14 heavy (non-hydrogen) atoms. The maximum Gasteiger partial charge on any atom is 0.253 e. The van der Waals surface area contributed by atoms with Gasteiger partial charge in [0.05, 0.1) is 10.6 Å². The predicted octanol–water partition coefficient (Wildman–Crippen LogP) is 2.54. The standard InChI is InChI=1S/C10H9ClINO/c1-5-4-7(12)9(11)8-6(5)2-3-13-10(8)14/h4H,2-3H2,1H3,(H,13,14). The van der Waals surface area contributed by atoms with Crippen LogP contribution in [0.25, 0.3) is 0 Å². The van der Waals surface area contributed by atoms with Gasteiger partial charge in [-0.15, -0.1) is 0 Å². The summed E-state index contributed by atoms with van der Waals surface area (Å²) >= 11 is 8.26. The predicted molar refractivity (Wildman–Crippen MR) is 64.9 cm³/mol. The van der Waals surface area contributed by atoms with E-state index in [1.807, 2.05) is 13.0 Å². The fourth-order valence-corrected chi connectivity index (χ4v) is 2.73. The number of hydrogen-bond donors (Lipinski definition) is 1. The monoisotopic (exact) mass is 321 g/mol. The minimum Gasteiger partial charge on any atom is -0.352 e. The highest BCUT2D eigenvalue weighted by Gasteiger charge is 2.22. The molecule has 1 aromatic carbocycles. The van der Waals surface area contributed by atoms with Gasteiger partial charge in [0, 0.05) is 10.1 Å². The summed E-state index contributed by atoms with van der Waals surface area (Å²) in [6, 6.07) is 2.03. The Hall–Kier alpha value is -0.290. The fourth-order valence-electron chi connectivity index (χ4n) is 1.74. The van der Waals surface area contributed by atoms with E-state index in [1.165, 1.54) is 0 Å². The average Bonchev–Trinajstić information content (AvgIpc) is 2.14. The van der Waals surface area contributed by atoms with Crippen molar-refractivity contribution in [2.45, 2.75) is 13.3 Å². The fraction of sp³-hybridized carbons (Fsp3) is 0.300. The van der Waals surface area contributed by atoms with Crippen LogP contribution in [0.15, 0.2) is 6.07 Å². The quantitative estimate of drug-likeness (QED) is 0.731. The Labute approximate surface area is 101 Å². The molecule has 1 amide bonds. The van der Waals surface area contributed by atoms with Crippen molar-refractivity contribution in [3.63, 3.8) is 0 Å². The highest BCUT2D eigenvalue weighted by atomic mass is 127. The molecule has 1 N–H and O–H groups in total. The molecule has 2 rings (SSSR count). The molecule has 0 fully saturated rings. The summed E-state index contributed by atoms with van der Waals surface area (Å²) in [7, 11) is 0. The summed E-state index contributed by atoms with van der Waals surface area (Å²) in [6.07, 6.45) is 0.879. The van der Waals surface area contributed by atoms with Crippen LogP contribution in [0, 0.1) is 10.5 Å². The smallest absolute Gasteiger partial charge is 0.253 e. The van der Waals surface area contributed by atoms with Gasteiger partial charge in [-0.05, 0) is 53.1 Å². The molecule has 0 atom stereocenters. The van der Waals surface area contributed by atoms with E-state index in [2.05, 4.69) is 27.9 Å². The normalized spacial score (nSPS) is 14.9. The number of carbonyl (C=O) groups excluding carboxylic acids is 1. The summed E-state index contributed by atoms with van der Waals surface area (Å²) in [5.41, 5.74) is 2.92. The van der Waals surface area contributed by atoms with Crippen LogP contribution in [0.4, 0.5) is 0 Å². The second kappa shape index (κ2) is 3.70. The summed E-state index contributed by atoms with van der Waals surface area (Å²) in [5, 5.41) is 3.39. The third kappa shape index (κ3) is 1.52. The van der Waals surface area contributed by atoms with Gasteiger partial charge in [0.25, 0.3) is 5.91 Å². The van der Waals surface area contributed by atoms with Gasteiger partial charge < -0.3 is 5.32 Å². The van der Waals surface area contributed by atoms with Crippen LogP contribution in [0.5, 0.6) is 0 Å². The van der Waals surface area contributed by atoms with Gasteiger partial charge in [-0.1, -0.05) is 11.6 Å². The number of benzene rings is 1. The second-order valence-electron chi connectivity index (χ2n) is 3.35. The molecule has 1 heterocycles. The molecule has 0 bridgehead atoms. The third-order valence-corrected chi connectivity index (χ3v) is 4.00. The Kier molecular flexibility index (Phi) is 2.70. The molecule has 0 aromatic heterocycles. The minimum atomic E-state index is -0.0436. The molecule has 1 aliphatic rings. The molecule has 1 aliphatic heterocycles. The number of carbonyl (C=O) groups is 1. The van der Waals surface area contributed by atoms with Crippen LogP contribution >= 0.6 is 34.2 Å². The third-order valence-electron chi connectivity index (χ3n) is 2.44. The van der Waals surface area contributed by atoms with Gasteiger partial charge >= 0.3 is 0 Å². The van der Waals surface area contributed by atoms with Gasteiger partial charge in [0.1, 0.15) is 0 Å². The van der Waals surface area contributed by atoms with Crippen molar-refractivity contribution in [1.82, 2.24) is 5.32 Å². The Balaban J connectivity index is 2.73. The average molecular weight is 322 g/mol. The number of hydrogen-bond acceptors (Lipinski definition) is 1. The first kappa shape index (κ1) is 10.2. The molecule has 0 unspecified atom stereocenters.